The number of nitrogens with zero attached hydrogens (tertiary/aromatic N) is 2. The van der Waals surface area contributed by atoms with Crippen LogP contribution in [-0.2, 0) is 10.0 Å². The molecule has 0 radical (unpaired) electrons. The molecule has 1 heterocycles. The third kappa shape index (κ3) is 4.44. The Morgan fingerprint density at radius 1 is 1.10 bits per heavy atom. The van der Waals surface area contributed by atoms with E-state index >= 15 is 0 Å². The number of rotatable bonds is 7. The summed E-state index contributed by atoms with van der Waals surface area (Å²) in [7, 11) is -3.65. The van der Waals surface area contributed by atoms with Gasteiger partial charge in [0.15, 0.2) is 0 Å². The van der Waals surface area contributed by atoms with Crippen molar-refractivity contribution in [2.75, 3.05) is 23.3 Å². The highest BCUT2D eigenvalue weighted by atomic mass is 32.2. The minimum absolute atomic E-state index is 0.0251. The number of anilines is 2. The number of amides is 1. The Hall–Kier alpha value is -2.98. The minimum atomic E-state index is -3.65. The van der Waals surface area contributed by atoms with E-state index in [2.05, 4.69) is 10.0 Å². The van der Waals surface area contributed by atoms with Crippen molar-refractivity contribution < 1.29 is 18.1 Å². The third-order valence-electron chi connectivity index (χ3n) is 5.18. The van der Waals surface area contributed by atoms with Crippen molar-refractivity contribution in [1.29, 1.82) is 0 Å². The molecule has 2 aliphatic rings. The molecule has 0 unspecified atom stereocenters. The van der Waals surface area contributed by atoms with Gasteiger partial charge >= 0.3 is 0 Å². The van der Waals surface area contributed by atoms with Crippen molar-refractivity contribution in [3.05, 3.63) is 58.1 Å². The van der Waals surface area contributed by atoms with E-state index in [0.717, 1.165) is 38.8 Å². The molecule has 30 heavy (non-hydrogen) atoms. The Kier molecular flexibility index (Phi) is 5.44. The molecule has 0 atom stereocenters. The van der Waals surface area contributed by atoms with Crippen molar-refractivity contribution >= 4 is 33.0 Å². The topological polar surface area (TPSA) is 122 Å². The van der Waals surface area contributed by atoms with Gasteiger partial charge in [0.1, 0.15) is 5.69 Å². The first-order chi connectivity index (χ1) is 14.3. The fraction of sp³-hybridized carbons (Fsp3) is 0.350. The number of carbonyl (C=O) groups is 1. The quantitative estimate of drug-likeness (QED) is 0.515. The highest BCUT2D eigenvalue weighted by molar-refractivity contribution is 7.89. The number of nitro benzene ring substituents is 1. The average molecular weight is 430 g/mol. The van der Waals surface area contributed by atoms with Crippen LogP contribution in [0.1, 0.15) is 36.0 Å². The van der Waals surface area contributed by atoms with E-state index in [-0.39, 0.29) is 22.2 Å². The van der Waals surface area contributed by atoms with Crippen LogP contribution in [0.4, 0.5) is 17.1 Å². The number of nitrogens with one attached hydrogen (secondary N) is 2. The van der Waals surface area contributed by atoms with E-state index in [1.165, 1.54) is 24.3 Å². The monoisotopic (exact) mass is 430 g/mol. The molecule has 1 aliphatic heterocycles. The van der Waals surface area contributed by atoms with Gasteiger partial charge in [0, 0.05) is 36.4 Å². The molecular weight excluding hydrogens is 408 g/mol. The Labute approximate surface area is 174 Å². The van der Waals surface area contributed by atoms with Gasteiger partial charge in [-0.2, -0.15) is 0 Å². The fourth-order valence-corrected chi connectivity index (χ4v) is 4.82. The summed E-state index contributed by atoms with van der Waals surface area (Å²) in [5.41, 5.74) is 0.821. The summed E-state index contributed by atoms with van der Waals surface area (Å²) in [5.74, 6) is -0.546. The lowest BCUT2D eigenvalue weighted by atomic mass is 10.1. The van der Waals surface area contributed by atoms with Gasteiger partial charge in [-0.15, -0.1) is 0 Å². The molecule has 10 heteroatoms. The Balaban J connectivity index is 1.54. The van der Waals surface area contributed by atoms with Gasteiger partial charge in [-0.3, -0.25) is 14.9 Å². The molecule has 1 amide bonds. The minimum Gasteiger partial charge on any atom is -0.366 e. The van der Waals surface area contributed by atoms with Crippen molar-refractivity contribution in [3.63, 3.8) is 0 Å². The molecule has 2 fully saturated rings. The molecule has 1 aliphatic carbocycles. The SMILES string of the molecule is O=C(Nc1cccc(S(=O)(=O)NC2CC2)c1)c1ccc(N2CCCC2)c([N+](=O)[O-])c1. The second-order valence-corrected chi connectivity index (χ2v) is 9.25. The predicted octanol–water partition coefficient (Wildman–Crippen LogP) is 2.89. The molecule has 2 N–H and O–H groups in total. The van der Waals surface area contributed by atoms with Crippen LogP contribution in [0.3, 0.4) is 0 Å². The van der Waals surface area contributed by atoms with Crippen LogP contribution in [0.2, 0.25) is 0 Å². The van der Waals surface area contributed by atoms with E-state index in [0.29, 0.717) is 11.4 Å². The van der Waals surface area contributed by atoms with Crippen molar-refractivity contribution in [1.82, 2.24) is 4.72 Å². The van der Waals surface area contributed by atoms with Crippen molar-refractivity contribution in [2.45, 2.75) is 36.6 Å². The van der Waals surface area contributed by atoms with E-state index in [9.17, 15) is 23.3 Å². The molecule has 0 spiro atoms. The maximum Gasteiger partial charge on any atom is 0.293 e. The van der Waals surface area contributed by atoms with E-state index < -0.39 is 20.9 Å². The molecule has 158 valence electrons. The summed E-state index contributed by atoms with van der Waals surface area (Å²) in [5, 5.41) is 14.2. The van der Waals surface area contributed by atoms with Gasteiger partial charge in [0.2, 0.25) is 10.0 Å². The molecule has 1 saturated carbocycles. The molecule has 2 aromatic rings. The number of benzene rings is 2. The number of sulfonamides is 1. The zero-order chi connectivity index (χ0) is 21.3. The van der Waals surface area contributed by atoms with Crippen molar-refractivity contribution in [3.8, 4) is 0 Å². The number of hydrogen-bond acceptors (Lipinski definition) is 6. The maximum absolute atomic E-state index is 12.7. The normalized spacial score (nSPS) is 16.5. The van der Waals surface area contributed by atoms with Crippen LogP contribution in [0.25, 0.3) is 0 Å². The van der Waals surface area contributed by atoms with Crippen LogP contribution in [-0.4, -0.2) is 38.4 Å². The lowest BCUT2D eigenvalue weighted by Gasteiger charge is -2.17. The van der Waals surface area contributed by atoms with E-state index in [1.807, 2.05) is 4.90 Å². The molecular formula is C20H22N4O5S. The van der Waals surface area contributed by atoms with E-state index in [4.69, 9.17) is 0 Å². The number of nitro groups is 1. The Morgan fingerprint density at radius 2 is 1.83 bits per heavy atom. The predicted molar refractivity (Wildman–Crippen MR) is 112 cm³/mol. The summed E-state index contributed by atoms with van der Waals surface area (Å²) < 4.78 is 27.3. The lowest BCUT2D eigenvalue weighted by Crippen LogP contribution is -2.25. The first-order valence-electron chi connectivity index (χ1n) is 9.81. The second kappa shape index (κ2) is 8.04. The highest BCUT2D eigenvalue weighted by Crippen LogP contribution is 2.32. The first-order valence-corrected chi connectivity index (χ1v) is 11.3. The molecule has 0 aromatic heterocycles. The first kappa shape index (κ1) is 20.3. The lowest BCUT2D eigenvalue weighted by molar-refractivity contribution is -0.384. The maximum atomic E-state index is 12.7. The van der Waals surface area contributed by atoms with Crippen molar-refractivity contribution in [2.24, 2.45) is 0 Å². The standard InChI is InChI=1S/C20H22N4O5S/c25-20(14-6-9-18(19(12-14)24(26)27)23-10-1-2-11-23)21-16-4-3-5-17(13-16)30(28,29)22-15-7-8-15/h3-6,9,12-13,15,22H,1-2,7-8,10-11H2,(H,21,25). The summed E-state index contributed by atoms with van der Waals surface area (Å²) in [6, 6.07) is 10.3. The average Bonchev–Trinajstić information content (AvgIpc) is 3.35. The fourth-order valence-electron chi connectivity index (χ4n) is 3.47. The van der Waals surface area contributed by atoms with Gasteiger partial charge in [0.05, 0.1) is 9.82 Å². The molecule has 2 aromatic carbocycles. The zero-order valence-electron chi connectivity index (χ0n) is 16.2. The number of hydrogen-bond donors (Lipinski definition) is 2. The van der Waals surface area contributed by atoms with Crippen LogP contribution in [0, 0.1) is 10.1 Å². The summed E-state index contributed by atoms with van der Waals surface area (Å²) in [4.78, 5) is 25.7. The third-order valence-corrected chi connectivity index (χ3v) is 6.70. The second-order valence-electron chi connectivity index (χ2n) is 7.53. The summed E-state index contributed by atoms with van der Waals surface area (Å²) in [6.45, 7) is 1.51. The van der Waals surface area contributed by atoms with Gasteiger partial charge in [-0.25, -0.2) is 13.1 Å². The molecule has 4 rings (SSSR count). The molecule has 9 nitrogen and oxygen atoms in total. The van der Waals surface area contributed by atoms with E-state index in [1.54, 1.807) is 18.2 Å². The molecule has 1 saturated heterocycles. The zero-order valence-corrected chi connectivity index (χ0v) is 17.0. The smallest absolute Gasteiger partial charge is 0.293 e. The Morgan fingerprint density at radius 3 is 2.50 bits per heavy atom. The largest absolute Gasteiger partial charge is 0.366 e. The number of carbonyl (C=O) groups excluding carboxylic acids is 1. The van der Waals surface area contributed by atoms with Crippen LogP contribution >= 0.6 is 0 Å². The van der Waals surface area contributed by atoms with Gasteiger partial charge < -0.3 is 10.2 Å². The molecule has 0 bridgehead atoms. The van der Waals surface area contributed by atoms with Gasteiger partial charge in [0.25, 0.3) is 11.6 Å². The van der Waals surface area contributed by atoms with Gasteiger partial charge in [-0.1, -0.05) is 6.07 Å². The van der Waals surface area contributed by atoms with Crippen LogP contribution in [0.15, 0.2) is 47.4 Å². The van der Waals surface area contributed by atoms with Crippen LogP contribution in [0.5, 0.6) is 0 Å². The summed E-state index contributed by atoms with van der Waals surface area (Å²) >= 11 is 0. The van der Waals surface area contributed by atoms with Crippen LogP contribution < -0.4 is 14.9 Å². The van der Waals surface area contributed by atoms with Gasteiger partial charge in [-0.05, 0) is 56.0 Å². The summed E-state index contributed by atoms with van der Waals surface area (Å²) in [6.07, 6.45) is 3.60. The Bertz CT molecular complexity index is 1090. The highest BCUT2D eigenvalue weighted by Gasteiger charge is 2.28.